The van der Waals surface area contributed by atoms with Crippen molar-refractivity contribution in [3.63, 3.8) is 0 Å². The first-order valence-electron chi connectivity index (χ1n) is 6.74. The van der Waals surface area contributed by atoms with Crippen molar-refractivity contribution in [1.82, 2.24) is 20.0 Å². The van der Waals surface area contributed by atoms with Crippen LogP contribution in [0.4, 0.5) is 0 Å². The van der Waals surface area contributed by atoms with Crippen LogP contribution < -0.4 is 11.5 Å². The highest BCUT2D eigenvalue weighted by atomic mass is 35.5. The molecule has 9 nitrogen and oxygen atoms in total. The van der Waals surface area contributed by atoms with Gasteiger partial charge in [-0.15, -0.1) is 12.4 Å². The molecule has 2 aromatic heterocycles. The topological polar surface area (TPSA) is 159 Å². The lowest BCUT2D eigenvalue weighted by atomic mass is 10.2. The molecule has 24 heavy (non-hydrogen) atoms. The summed E-state index contributed by atoms with van der Waals surface area (Å²) < 4.78 is 1.70. The van der Waals surface area contributed by atoms with E-state index >= 15 is 0 Å². The fourth-order valence-corrected chi connectivity index (χ4v) is 2.35. The van der Waals surface area contributed by atoms with Gasteiger partial charge in [0.15, 0.2) is 5.96 Å². The number of nitrogens with zero attached hydrogens (tertiary/aromatic N) is 4. The number of H-pyrrole nitrogens is 1. The highest BCUT2D eigenvalue weighted by molar-refractivity contribution is 6.02. The van der Waals surface area contributed by atoms with Crippen molar-refractivity contribution in [2.45, 2.75) is 13.3 Å². The predicted molar refractivity (Wildman–Crippen MR) is 93.6 cm³/mol. The number of rotatable bonds is 3. The Bertz CT molecular complexity index is 880. The molecule has 0 bridgehead atoms. The molecule has 0 aliphatic carbocycles. The number of aliphatic imine (C=N–C) groups is 1. The molecule has 0 aliphatic rings. The summed E-state index contributed by atoms with van der Waals surface area (Å²) >= 11 is 0. The minimum atomic E-state index is -0.495. The smallest absolute Gasteiger partial charge is 0.283 e. The minimum absolute atomic E-state index is 0. The van der Waals surface area contributed by atoms with Crippen LogP contribution in [0.1, 0.15) is 23.0 Å². The molecule has 10 heteroatoms. The van der Waals surface area contributed by atoms with Gasteiger partial charge in [0.05, 0.1) is 34.9 Å². The maximum atomic E-state index is 12.0. The second kappa shape index (κ2) is 7.57. The Hall–Kier alpha value is -2.91. The monoisotopic (exact) mass is 351 g/mol. The van der Waals surface area contributed by atoms with Gasteiger partial charge in [0.2, 0.25) is 0 Å². The van der Waals surface area contributed by atoms with E-state index in [0.29, 0.717) is 12.0 Å². The maximum absolute atomic E-state index is 12.0. The molecular weight excluding hydrogens is 334 g/mol. The molecule has 0 atom stereocenters. The molecule has 7 N–H and O–H groups in total. The zero-order valence-electron chi connectivity index (χ0n) is 12.9. The largest absolute Gasteiger partial charge is 0.412 e. The Balaban J connectivity index is 0.00000144. The Morgan fingerprint density at radius 1 is 1.33 bits per heavy atom. The third kappa shape index (κ3) is 3.36. The Labute approximate surface area is 143 Å². The number of carbonyl (C=O) groups excluding carboxylic acids is 1. The van der Waals surface area contributed by atoms with Crippen molar-refractivity contribution in [3.05, 3.63) is 41.9 Å². The average molecular weight is 352 g/mol. The third-order valence-corrected chi connectivity index (χ3v) is 3.33. The first kappa shape index (κ1) is 19.1. The SMILES string of the molecule is CCc1c(C(=O)N=C(N)N)cnn1-c1ccc2cn[nH]c2c1.Cl.O. The van der Waals surface area contributed by atoms with Crippen LogP contribution in [0.3, 0.4) is 0 Å². The second-order valence-electron chi connectivity index (χ2n) is 4.75. The molecular formula is C14H18ClN7O2. The second-order valence-corrected chi connectivity index (χ2v) is 4.75. The van der Waals surface area contributed by atoms with Crippen molar-refractivity contribution < 1.29 is 10.3 Å². The third-order valence-electron chi connectivity index (χ3n) is 3.33. The van der Waals surface area contributed by atoms with Crippen molar-refractivity contribution in [2.24, 2.45) is 16.5 Å². The van der Waals surface area contributed by atoms with Crippen LogP contribution in [0.5, 0.6) is 0 Å². The van der Waals surface area contributed by atoms with E-state index in [4.69, 9.17) is 11.5 Å². The van der Waals surface area contributed by atoms with Gasteiger partial charge in [-0.25, -0.2) is 4.68 Å². The van der Waals surface area contributed by atoms with Gasteiger partial charge in [0.1, 0.15) is 0 Å². The summed E-state index contributed by atoms with van der Waals surface area (Å²) in [4.78, 5) is 15.6. The lowest BCUT2D eigenvalue weighted by Crippen LogP contribution is -2.24. The number of hydrogen-bond acceptors (Lipinski definition) is 3. The first-order chi connectivity index (χ1) is 10.6. The van der Waals surface area contributed by atoms with E-state index in [2.05, 4.69) is 20.3 Å². The van der Waals surface area contributed by atoms with Crippen molar-refractivity contribution in [2.75, 3.05) is 0 Å². The molecule has 0 saturated carbocycles. The van der Waals surface area contributed by atoms with E-state index in [1.165, 1.54) is 6.20 Å². The van der Waals surface area contributed by atoms with Crippen LogP contribution in [-0.4, -0.2) is 37.3 Å². The summed E-state index contributed by atoms with van der Waals surface area (Å²) in [6, 6.07) is 5.77. The Kier molecular flexibility index (Phi) is 6.04. The summed E-state index contributed by atoms with van der Waals surface area (Å²) in [5.41, 5.74) is 13.4. The van der Waals surface area contributed by atoms with Gasteiger partial charge >= 0.3 is 0 Å². The van der Waals surface area contributed by atoms with E-state index < -0.39 is 5.91 Å². The molecule has 128 valence electrons. The number of benzene rings is 1. The molecule has 0 spiro atoms. The maximum Gasteiger partial charge on any atom is 0.283 e. The summed E-state index contributed by atoms with van der Waals surface area (Å²) in [6.45, 7) is 1.94. The average Bonchev–Trinajstić information content (AvgIpc) is 3.11. The number of carbonyl (C=O) groups is 1. The molecule has 2 heterocycles. The summed E-state index contributed by atoms with van der Waals surface area (Å²) in [5, 5.41) is 12.2. The van der Waals surface area contributed by atoms with E-state index in [9.17, 15) is 4.79 Å². The van der Waals surface area contributed by atoms with Crippen molar-refractivity contribution in [1.29, 1.82) is 0 Å². The van der Waals surface area contributed by atoms with Crippen LogP contribution in [0, 0.1) is 0 Å². The number of guanidine groups is 1. The number of aromatic nitrogens is 4. The van der Waals surface area contributed by atoms with Gasteiger partial charge in [-0.2, -0.15) is 15.2 Å². The van der Waals surface area contributed by atoms with Crippen LogP contribution in [0.2, 0.25) is 0 Å². The van der Waals surface area contributed by atoms with Gasteiger partial charge < -0.3 is 16.9 Å². The van der Waals surface area contributed by atoms with Gasteiger partial charge in [-0.3, -0.25) is 9.89 Å². The van der Waals surface area contributed by atoms with Gasteiger partial charge in [-0.1, -0.05) is 6.92 Å². The highest BCUT2D eigenvalue weighted by Gasteiger charge is 2.17. The molecule has 0 radical (unpaired) electrons. The summed E-state index contributed by atoms with van der Waals surface area (Å²) in [7, 11) is 0. The van der Waals surface area contributed by atoms with E-state index in [0.717, 1.165) is 22.3 Å². The fourth-order valence-electron chi connectivity index (χ4n) is 2.35. The first-order valence-corrected chi connectivity index (χ1v) is 6.74. The number of halogens is 1. The van der Waals surface area contributed by atoms with Crippen LogP contribution in [0.15, 0.2) is 35.6 Å². The molecule has 0 aliphatic heterocycles. The minimum Gasteiger partial charge on any atom is -0.412 e. The molecule has 0 saturated heterocycles. The predicted octanol–water partition coefficient (Wildman–Crippen LogP) is 0.322. The molecule has 1 aromatic carbocycles. The number of fused-ring (bicyclic) bond motifs is 1. The van der Waals surface area contributed by atoms with Gasteiger partial charge in [0.25, 0.3) is 5.91 Å². The number of nitrogens with one attached hydrogen (secondary N) is 1. The molecule has 3 rings (SSSR count). The van der Waals surface area contributed by atoms with E-state index in [1.807, 2.05) is 25.1 Å². The van der Waals surface area contributed by atoms with E-state index in [-0.39, 0.29) is 23.8 Å². The van der Waals surface area contributed by atoms with Crippen molar-refractivity contribution >= 4 is 35.2 Å². The fraction of sp³-hybridized carbons (Fsp3) is 0.143. The lowest BCUT2D eigenvalue weighted by molar-refractivity contribution is 0.100. The number of nitrogens with two attached hydrogens (primary N) is 2. The molecule has 0 fully saturated rings. The lowest BCUT2D eigenvalue weighted by Gasteiger charge is -2.07. The Morgan fingerprint density at radius 3 is 2.75 bits per heavy atom. The van der Waals surface area contributed by atoms with Crippen LogP contribution in [-0.2, 0) is 6.42 Å². The zero-order chi connectivity index (χ0) is 15.7. The molecule has 3 aromatic rings. The quantitative estimate of drug-likeness (QED) is 0.457. The number of aromatic amines is 1. The van der Waals surface area contributed by atoms with Gasteiger partial charge in [-0.05, 0) is 24.6 Å². The zero-order valence-corrected chi connectivity index (χ0v) is 13.7. The highest BCUT2D eigenvalue weighted by Crippen LogP contribution is 2.20. The van der Waals surface area contributed by atoms with Crippen LogP contribution >= 0.6 is 12.4 Å². The standard InChI is InChI=1S/C14H15N7O.ClH.H2O/c1-2-12-10(13(22)19-14(15)16)7-18-21(12)9-4-3-8-6-17-20-11(8)5-9;;/h3-7H,2H2,1H3,(H,17,20)(H4,15,16,19,22);1H;1H2. The van der Waals surface area contributed by atoms with E-state index in [1.54, 1.807) is 10.9 Å². The van der Waals surface area contributed by atoms with Gasteiger partial charge in [0, 0.05) is 5.39 Å². The van der Waals surface area contributed by atoms with Crippen molar-refractivity contribution in [3.8, 4) is 5.69 Å². The molecule has 0 unspecified atom stereocenters. The normalized spacial score (nSPS) is 9.88. The summed E-state index contributed by atoms with van der Waals surface area (Å²) in [5.74, 6) is -0.760. The number of amides is 1. The number of hydrogen-bond donors (Lipinski definition) is 3. The Morgan fingerprint density at radius 2 is 2.08 bits per heavy atom. The summed E-state index contributed by atoms with van der Waals surface area (Å²) in [6.07, 6.45) is 3.84. The molecule has 1 amide bonds. The van der Waals surface area contributed by atoms with Crippen LogP contribution in [0.25, 0.3) is 16.6 Å².